The Kier molecular flexibility index (Phi) is 4.82. The van der Waals surface area contributed by atoms with Crippen LogP contribution in [-0.4, -0.2) is 16.7 Å². The first-order valence-electron chi connectivity index (χ1n) is 6.38. The smallest absolute Gasteiger partial charge is 0.272 e. The predicted molar refractivity (Wildman–Crippen MR) is 83.1 cm³/mol. The van der Waals surface area contributed by atoms with E-state index in [0.717, 1.165) is 5.56 Å². The van der Waals surface area contributed by atoms with E-state index in [1.165, 1.54) is 29.1 Å². The quantitative estimate of drug-likeness (QED) is 0.686. The van der Waals surface area contributed by atoms with Crippen LogP contribution < -0.4 is 11.0 Å². The number of hydrogen-bond acceptors (Lipinski definition) is 3. The highest BCUT2D eigenvalue weighted by Crippen LogP contribution is 1.99. The van der Waals surface area contributed by atoms with Gasteiger partial charge in [-0.25, -0.2) is 5.43 Å². The molecule has 0 unspecified atom stereocenters. The van der Waals surface area contributed by atoms with Crippen LogP contribution in [0.25, 0.3) is 6.08 Å². The first-order chi connectivity index (χ1) is 10.2. The van der Waals surface area contributed by atoms with E-state index in [-0.39, 0.29) is 11.5 Å². The maximum atomic E-state index is 11.8. The topological polar surface area (TPSA) is 63.5 Å². The summed E-state index contributed by atoms with van der Waals surface area (Å²) in [7, 11) is 1.59. The van der Waals surface area contributed by atoms with Crippen molar-refractivity contribution in [2.75, 3.05) is 0 Å². The minimum Gasteiger partial charge on any atom is -0.318 e. The summed E-state index contributed by atoms with van der Waals surface area (Å²) in [5.74, 6) is -0.366. The molecule has 2 aromatic rings. The van der Waals surface area contributed by atoms with Crippen LogP contribution in [0, 0.1) is 0 Å². The van der Waals surface area contributed by atoms with Crippen molar-refractivity contribution < 1.29 is 4.79 Å². The second-order valence-electron chi connectivity index (χ2n) is 4.36. The zero-order valence-electron chi connectivity index (χ0n) is 11.6. The molecule has 21 heavy (non-hydrogen) atoms. The molecule has 0 saturated heterocycles. The number of rotatable bonds is 4. The Morgan fingerprint density at radius 1 is 1.19 bits per heavy atom. The standard InChI is InChI=1S/C16H15N3O2/c1-19-12-14(9-10-15(19)20)16(21)18-17-11-5-8-13-6-3-2-4-7-13/h2-12H,1H3,(H,18,21)/b8-5+,17-11-. The van der Waals surface area contributed by atoms with Gasteiger partial charge in [0.2, 0.25) is 5.56 Å². The highest BCUT2D eigenvalue weighted by molar-refractivity contribution is 5.94. The van der Waals surface area contributed by atoms with E-state index in [0.29, 0.717) is 5.56 Å². The zero-order valence-corrected chi connectivity index (χ0v) is 11.6. The number of nitrogens with one attached hydrogen (secondary N) is 1. The summed E-state index contributed by atoms with van der Waals surface area (Å²) in [6, 6.07) is 12.6. The lowest BCUT2D eigenvalue weighted by atomic mass is 10.2. The highest BCUT2D eigenvalue weighted by atomic mass is 16.2. The Bertz CT molecular complexity index is 731. The molecule has 1 aromatic heterocycles. The number of hydrazone groups is 1. The average Bonchev–Trinajstić information content (AvgIpc) is 2.50. The van der Waals surface area contributed by atoms with Gasteiger partial charge in [0.25, 0.3) is 5.91 Å². The number of hydrogen-bond donors (Lipinski definition) is 1. The molecule has 1 amide bonds. The molecule has 0 spiro atoms. The van der Waals surface area contributed by atoms with Crippen LogP contribution in [0.5, 0.6) is 0 Å². The number of allylic oxidation sites excluding steroid dienone is 1. The van der Waals surface area contributed by atoms with E-state index < -0.39 is 0 Å². The van der Waals surface area contributed by atoms with Crippen molar-refractivity contribution >= 4 is 18.2 Å². The van der Waals surface area contributed by atoms with Crippen LogP contribution in [0.4, 0.5) is 0 Å². The minimum atomic E-state index is -0.366. The fraction of sp³-hybridized carbons (Fsp3) is 0.0625. The van der Waals surface area contributed by atoms with Gasteiger partial charge in [-0.1, -0.05) is 36.4 Å². The first kappa shape index (κ1) is 14.5. The van der Waals surface area contributed by atoms with Crippen LogP contribution >= 0.6 is 0 Å². The molecule has 5 heteroatoms. The molecule has 0 bridgehead atoms. The van der Waals surface area contributed by atoms with Crippen LogP contribution in [0.3, 0.4) is 0 Å². The third-order valence-electron chi connectivity index (χ3n) is 2.76. The summed E-state index contributed by atoms with van der Waals surface area (Å²) in [6.45, 7) is 0. The van der Waals surface area contributed by atoms with Gasteiger partial charge in [0.15, 0.2) is 0 Å². The van der Waals surface area contributed by atoms with E-state index in [1.807, 2.05) is 36.4 Å². The Morgan fingerprint density at radius 2 is 1.95 bits per heavy atom. The Balaban J connectivity index is 1.91. The molecule has 0 radical (unpaired) electrons. The molecular weight excluding hydrogens is 266 g/mol. The Morgan fingerprint density at radius 3 is 2.67 bits per heavy atom. The normalized spacial score (nSPS) is 11.1. The summed E-state index contributed by atoms with van der Waals surface area (Å²) in [6.07, 6.45) is 6.57. The molecule has 0 saturated carbocycles. The van der Waals surface area contributed by atoms with Gasteiger partial charge in [-0.15, -0.1) is 0 Å². The maximum Gasteiger partial charge on any atom is 0.272 e. The second-order valence-corrected chi connectivity index (χ2v) is 4.36. The number of carbonyl (C=O) groups is 1. The molecule has 1 aromatic carbocycles. The van der Waals surface area contributed by atoms with Crippen molar-refractivity contribution in [3.8, 4) is 0 Å². The zero-order chi connectivity index (χ0) is 15.1. The van der Waals surface area contributed by atoms with Crippen LogP contribution in [-0.2, 0) is 7.05 Å². The lowest BCUT2D eigenvalue weighted by Gasteiger charge is -2.01. The van der Waals surface area contributed by atoms with Crippen LogP contribution in [0.2, 0.25) is 0 Å². The SMILES string of the molecule is Cn1cc(C(=O)N/N=C\C=C\c2ccccc2)ccc1=O. The first-order valence-corrected chi connectivity index (χ1v) is 6.38. The molecule has 106 valence electrons. The summed E-state index contributed by atoms with van der Waals surface area (Å²) in [5.41, 5.74) is 3.66. The van der Waals surface area contributed by atoms with Crippen molar-refractivity contribution in [3.63, 3.8) is 0 Å². The summed E-state index contributed by atoms with van der Waals surface area (Å²) in [5, 5.41) is 3.82. The molecule has 1 N–H and O–H groups in total. The lowest BCUT2D eigenvalue weighted by molar-refractivity contribution is 0.0954. The molecule has 0 aliphatic carbocycles. The van der Waals surface area contributed by atoms with Crippen molar-refractivity contribution in [1.29, 1.82) is 0 Å². The van der Waals surface area contributed by atoms with Crippen LogP contribution in [0.1, 0.15) is 15.9 Å². The van der Waals surface area contributed by atoms with E-state index in [1.54, 1.807) is 13.1 Å². The number of aryl methyl sites for hydroxylation is 1. The minimum absolute atomic E-state index is 0.166. The average molecular weight is 281 g/mol. The fourth-order valence-electron chi connectivity index (χ4n) is 1.65. The van der Waals surface area contributed by atoms with Crippen LogP contribution in [0.15, 0.2) is 64.6 Å². The van der Waals surface area contributed by atoms with Crippen molar-refractivity contribution in [1.82, 2.24) is 9.99 Å². The van der Waals surface area contributed by atoms with E-state index >= 15 is 0 Å². The summed E-state index contributed by atoms with van der Waals surface area (Å²) in [4.78, 5) is 23.0. The van der Waals surface area contributed by atoms with Gasteiger partial charge >= 0.3 is 0 Å². The number of carbonyl (C=O) groups excluding carboxylic acids is 1. The predicted octanol–water partition coefficient (Wildman–Crippen LogP) is 1.81. The van der Waals surface area contributed by atoms with Gasteiger partial charge in [-0.2, -0.15) is 5.10 Å². The number of nitrogens with zero attached hydrogens (tertiary/aromatic N) is 2. The number of pyridine rings is 1. The fourth-order valence-corrected chi connectivity index (χ4v) is 1.65. The molecular formula is C16H15N3O2. The van der Waals surface area contributed by atoms with Gasteiger partial charge in [-0.05, 0) is 17.7 Å². The van der Waals surface area contributed by atoms with Gasteiger partial charge in [0.1, 0.15) is 0 Å². The van der Waals surface area contributed by atoms with E-state index in [2.05, 4.69) is 10.5 Å². The molecule has 2 rings (SSSR count). The number of amides is 1. The molecule has 5 nitrogen and oxygen atoms in total. The van der Waals surface area contributed by atoms with Gasteiger partial charge in [0.05, 0.1) is 5.56 Å². The molecule has 0 aliphatic rings. The summed E-state index contributed by atoms with van der Waals surface area (Å²) < 4.78 is 1.34. The second kappa shape index (κ2) is 7.00. The van der Waals surface area contributed by atoms with Gasteiger partial charge < -0.3 is 4.57 Å². The van der Waals surface area contributed by atoms with E-state index in [9.17, 15) is 9.59 Å². The van der Waals surface area contributed by atoms with E-state index in [4.69, 9.17) is 0 Å². The third kappa shape index (κ3) is 4.28. The molecule has 0 fully saturated rings. The third-order valence-corrected chi connectivity index (χ3v) is 2.76. The Hall–Kier alpha value is -2.95. The molecule has 1 heterocycles. The largest absolute Gasteiger partial charge is 0.318 e. The van der Waals surface area contributed by atoms with Crippen molar-refractivity contribution in [2.24, 2.45) is 12.1 Å². The number of aromatic nitrogens is 1. The lowest BCUT2D eigenvalue weighted by Crippen LogP contribution is -2.22. The van der Waals surface area contributed by atoms with Crippen molar-refractivity contribution in [3.05, 3.63) is 76.2 Å². The molecule has 0 aliphatic heterocycles. The van der Waals surface area contributed by atoms with Gasteiger partial charge in [0, 0.05) is 25.5 Å². The maximum absolute atomic E-state index is 11.8. The van der Waals surface area contributed by atoms with Gasteiger partial charge in [-0.3, -0.25) is 9.59 Å². The highest BCUT2D eigenvalue weighted by Gasteiger charge is 2.04. The Labute approximate surface area is 122 Å². The summed E-state index contributed by atoms with van der Waals surface area (Å²) >= 11 is 0. The monoisotopic (exact) mass is 281 g/mol. The number of benzene rings is 1. The van der Waals surface area contributed by atoms with Crippen molar-refractivity contribution in [2.45, 2.75) is 0 Å². The molecule has 0 atom stereocenters.